The normalized spacial score (nSPS) is 15.0. The number of likely N-dealkylation sites (N-methyl/N-ethyl adjacent to an activating group) is 1. The highest BCUT2D eigenvalue weighted by molar-refractivity contribution is 7.09. The van der Waals surface area contributed by atoms with Gasteiger partial charge in [-0.3, -0.25) is 14.4 Å². The third-order valence-electron chi connectivity index (χ3n) is 5.60. The Hall–Kier alpha value is -2.52. The van der Waals surface area contributed by atoms with Gasteiger partial charge in [0.15, 0.2) is 6.10 Å². The van der Waals surface area contributed by atoms with Crippen LogP contribution < -0.4 is 11.1 Å². The monoisotopic (exact) mass is 478 g/mol. The predicted molar refractivity (Wildman–Crippen MR) is 132 cm³/mol. The largest absolute Gasteiger partial charge is 0.455 e. The maximum Gasteiger partial charge on any atom is 0.303 e. The molecule has 0 fully saturated rings. The van der Waals surface area contributed by atoms with Crippen molar-refractivity contribution in [3.8, 4) is 0 Å². The standard InChI is InChI=1S/C24H38N4O4S/c1-8-10-11-12-26-22(30)18-14-33-23(27-18)20(32-17(6)29)13-19(15(3)4)28(7)24(31)21(25)16(5)9-2/h8,10-11,14-16,19-21H,1,9,12-13,25H2,2-7H3,(H,26,30)/b11-10-/t16-,19+,20+,21-/m0/s1. The van der Waals surface area contributed by atoms with Crippen LogP contribution in [-0.4, -0.2) is 53.3 Å². The van der Waals surface area contributed by atoms with Crippen molar-refractivity contribution in [3.63, 3.8) is 0 Å². The number of carbonyl (C=O) groups excluding carboxylic acids is 3. The molecule has 33 heavy (non-hydrogen) atoms. The fraction of sp³-hybridized carbons (Fsp3) is 0.583. The molecule has 1 aromatic rings. The first-order chi connectivity index (χ1) is 15.5. The van der Waals surface area contributed by atoms with Gasteiger partial charge in [0.2, 0.25) is 5.91 Å². The molecule has 3 N–H and O–H groups in total. The summed E-state index contributed by atoms with van der Waals surface area (Å²) >= 11 is 1.25. The Bertz CT molecular complexity index is 836. The predicted octanol–water partition coefficient (Wildman–Crippen LogP) is 3.47. The van der Waals surface area contributed by atoms with Crippen LogP contribution in [0.15, 0.2) is 30.2 Å². The fourth-order valence-electron chi connectivity index (χ4n) is 3.34. The molecule has 0 spiro atoms. The van der Waals surface area contributed by atoms with E-state index < -0.39 is 18.1 Å². The van der Waals surface area contributed by atoms with Crippen molar-refractivity contribution in [2.75, 3.05) is 13.6 Å². The highest BCUT2D eigenvalue weighted by Gasteiger charge is 2.33. The average molecular weight is 479 g/mol. The first kappa shape index (κ1) is 28.5. The van der Waals surface area contributed by atoms with Crippen LogP contribution in [-0.2, 0) is 14.3 Å². The van der Waals surface area contributed by atoms with E-state index in [-0.39, 0.29) is 35.4 Å². The number of ether oxygens (including phenoxy) is 1. The second kappa shape index (κ2) is 13.9. The molecule has 9 heteroatoms. The zero-order chi connectivity index (χ0) is 25.1. The summed E-state index contributed by atoms with van der Waals surface area (Å²) in [6.07, 6.45) is 5.60. The molecule has 0 unspecified atom stereocenters. The summed E-state index contributed by atoms with van der Waals surface area (Å²) in [5.74, 6) is -0.779. The first-order valence-corrected chi connectivity index (χ1v) is 12.1. The molecule has 0 saturated carbocycles. The summed E-state index contributed by atoms with van der Waals surface area (Å²) in [7, 11) is 1.73. The van der Waals surface area contributed by atoms with Crippen LogP contribution >= 0.6 is 11.3 Å². The molecule has 0 radical (unpaired) electrons. The number of amides is 2. The Labute approximate surface area is 201 Å². The Morgan fingerprint density at radius 3 is 2.55 bits per heavy atom. The molecule has 4 atom stereocenters. The van der Waals surface area contributed by atoms with E-state index >= 15 is 0 Å². The second-order valence-electron chi connectivity index (χ2n) is 8.45. The molecule has 2 amide bonds. The zero-order valence-electron chi connectivity index (χ0n) is 20.5. The summed E-state index contributed by atoms with van der Waals surface area (Å²) in [6, 6.07) is -0.833. The van der Waals surface area contributed by atoms with Gasteiger partial charge in [-0.2, -0.15) is 0 Å². The maximum atomic E-state index is 13.0. The van der Waals surface area contributed by atoms with Crippen LogP contribution in [0.4, 0.5) is 0 Å². The lowest BCUT2D eigenvalue weighted by Gasteiger charge is -2.35. The average Bonchev–Trinajstić information content (AvgIpc) is 3.27. The smallest absolute Gasteiger partial charge is 0.303 e. The number of carbonyl (C=O) groups is 3. The van der Waals surface area contributed by atoms with Gasteiger partial charge in [0, 0.05) is 38.4 Å². The number of allylic oxidation sites excluding steroid dienone is 2. The van der Waals surface area contributed by atoms with E-state index in [1.807, 2.05) is 27.7 Å². The molecular weight excluding hydrogens is 440 g/mol. The summed E-state index contributed by atoms with van der Waals surface area (Å²) in [5.41, 5.74) is 6.44. The summed E-state index contributed by atoms with van der Waals surface area (Å²) in [5, 5.41) is 4.89. The van der Waals surface area contributed by atoms with Gasteiger partial charge in [-0.15, -0.1) is 11.3 Å². The molecule has 8 nitrogen and oxygen atoms in total. The van der Waals surface area contributed by atoms with Crippen molar-refractivity contribution in [2.24, 2.45) is 17.6 Å². The van der Waals surface area contributed by atoms with E-state index in [4.69, 9.17) is 10.5 Å². The van der Waals surface area contributed by atoms with Gasteiger partial charge in [0.25, 0.3) is 5.91 Å². The molecule has 0 aliphatic heterocycles. The molecule has 1 heterocycles. The second-order valence-corrected chi connectivity index (χ2v) is 9.34. The van der Waals surface area contributed by atoms with E-state index in [0.717, 1.165) is 6.42 Å². The lowest BCUT2D eigenvalue weighted by atomic mass is 9.93. The first-order valence-electron chi connectivity index (χ1n) is 11.2. The molecule has 1 aromatic heterocycles. The minimum absolute atomic E-state index is 0.0541. The summed E-state index contributed by atoms with van der Waals surface area (Å²) in [4.78, 5) is 43.2. The maximum absolute atomic E-state index is 13.0. The van der Waals surface area contributed by atoms with Gasteiger partial charge in [0.1, 0.15) is 10.7 Å². The Balaban J connectivity index is 3.07. The number of esters is 1. The van der Waals surface area contributed by atoms with Crippen LogP contribution in [0, 0.1) is 11.8 Å². The van der Waals surface area contributed by atoms with Crippen LogP contribution in [0.25, 0.3) is 0 Å². The van der Waals surface area contributed by atoms with Gasteiger partial charge in [0.05, 0.1) is 6.04 Å². The SMILES string of the molecule is C=C/C=C\CNC(=O)c1csc([C@@H](C[C@H](C(C)C)N(C)C(=O)[C@@H](N)[C@@H](C)CC)OC(C)=O)n1. The van der Waals surface area contributed by atoms with Crippen molar-refractivity contribution in [1.29, 1.82) is 0 Å². The van der Waals surface area contributed by atoms with Gasteiger partial charge in [-0.1, -0.05) is 58.9 Å². The third kappa shape index (κ3) is 8.74. The number of hydrogen-bond acceptors (Lipinski definition) is 7. The number of nitrogens with zero attached hydrogens (tertiary/aromatic N) is 2. The van der Waals surface area contributed by atoms with Crippen molar-refractivity contribution in [2.45, 2.75) is 65.6 Å². The Morgan fingerprint density at radius 1 is 1.33 bits per heavy atom. The molecule has 0 bridgehead atoms. The molecule has 0 aromatic carbocycles. The minimum Gasteiger partial charge on any atom is -0.455 e. The number of nitrogens with two attached hydrogens (primary N) is 1. The highest BCUT2D eigenvalue weighted by atomic mass is 32.1. The molecule has 184 valence electrons. The van der Waals surface area contributed by atoms with Crippen LogP contribution in [0.3, 0.4) is 0 Å². The van der Waals surface area contributed by atoms with Gasteiger partial charge in [-0.25, -0.2) is 4.98 Å². The lowest BCUT2D eigenvalue weighted by Crippen LogP contribution is -2.51. The lowest BCUT2D eigenvalue weighted by molar-refractivity contribution is -0.148. The van der Waals surface area contributed by atoms with Crippen molar-refractivity contribution < 1.29 is 19.1 Å². The Morgan fingerprint density at radius 2 is 2.00 bits per heavy atom. The van der Waals surface area contributed by atoms with Gasteiger partial charge < -0.3 is 20.7 Å². The van der Waals surface area contributed by atoms with Crippen molar-refractivity contribution in [1.82, 2.24) is 15.2 Å². The van der Waals surface area contributed by atoms with Gasteiger partial charge in [-0.05, 0) is 11.8 Å². The van der Waals surface area contributed by atoms with E-state index in [1.54, 1.807) is 35.6 Å². The van der Waals surface area contributed by atoms with Crippen LogP contribution in [0.5, 0.6) is 0 Å². The minimum atomic E-state index is -0.683. The highest BCUT2D eigenvalue weighted by Crippen LogP contribution is 2.30. The summed E-state index contributed by atoms with van der Waals surface area (Å²) in [6.45, 7) is 13.2. The Kier molecular flexibility index (Phi) is 12.0. The van der Waals surface area contributed by atoms with Crippen molar-refractivity contribution in [3.05, 3.63) is 40.9 Å². The fourth-order valence-corrected chi connectivity index (χ4v) is 4.18. The number of rotatable bonds is 13. The number of hydrogen-bond donors (Lipinski definition) is 2. The molecule has 0 saturated heterocycles. The molecule has 1 rings (SSSR count). The molecule has 0 aliphatic carbocycles. The number of aromatic nitrogens is 1. The number of nitrogens with one attached hydrogen (secondary N) is 1. The van der Waals surface area contributed by atoms with E-state index in [9.17, 15) is 14.4 Å². The molecule has 0 aliphatic rings. The van der Waals surface area contributed by atoms with Crippen molar-refractivity contribution >= 4 is 29.1 Å². The zero-order valence-corrected chi connectivity index (χ0v) is 21.4. The molecular formula is C24H38N4O4S. The van der Waals surface area contributed by atoms with Crippen LogP contribution in [0.1, 0.15) is 69.1 Å². The third-order valence-corrected chi connectivity index (χ3v) is 6.54. The quantitative estimate of drug-likeness (QED) is 0.331. The van der Waals surface area contributed by atoms with Crippen LogP contribution in [0.2, 0.25) is 0 Å². The summed E-state index contributed by atoms with van der Waals surface area (Å²) < 4.78 is 5.57. The van der Waals surface area contributed by atoms with E-state index in [0.29, 0.717) is 18.0 Å². The topological polar surface area (TPSA) is 115 Å². The van der Waals surface area contributed by atoms with E-state index in [2.05, 4.69) is 16.9 Å². The van der Waals surface area contributed by atoms with Gasteiger partial charge >= 0.3 is 5.97 Å². The van der Waals surface area contributed by atoms with E-state index in [1.165, 1.54) is 18.3 Å². The number of thiazole rings is 1.